The van der Waals surface area contributed by atoms with Crippen LogP contribution in [0.3, 0.4) is 0 Å². The van der Waals surface area contributed by atoms with Crippen molar-refractivity contribution < 1.29 is 4.74 Å². The van der Waals surface area contributed by atoms with Crippen molar-refractivity contribution in [1.82, 2.24) is 0 Å². The van der Waals surface area contributed by atoms with Crippen LogP contribution in [-0.4, -0.2) is 7.11 Å². The number of ether oxygens (including phenoxy) is 1. The van der Waals surface area contributed by atoms with Gasteiger partial charge in [-0.05, 0) is 99.4 Å². The number of benzene rings is 6. The molecule has 0 amide bonds. The highest BCUT2D eigenvalue weighted by molar-refractivity contribution is 9.10. The molecule has 0 saturated carbocycles. The van der Waals surface area contributed by atoms with Gasteiger partial charge in [0.1, 0.15) is 5.75 Å². The molecule has 3 heteroatoms. The lowest BCUT2D eigenvalue weighted by atomic mass is 9.96. The van der Waals surface area contributed by atoms with Crippen LogP contribution in [0.5, 0.6) is 5.75 Å². The summed E-state index contributed by atoms with van der Waals surface area (Å²) >= 11 is 3.56. The number of nitrogens with zero attached hydrogens (tertiary/aromatic N) is 1. The lowest BCUT2D eigenvalue weighted by molar-refractivity contribution is 0.415. The molecule has 0 N–H and O–H groups in total. The molecule has 6 aromatic carbocycles. The molecule has 0 aliphatic heterocycles. The Morgan fingerprint density at radius 3 is 1.63 bits per heavy atom. The zero-order valence-corrected chi connectivity index (χ0v) is 22.6. The maximum Gasteiger partial charge on any atom is 0.119 e. The molecule has 184 valence electrons. The molecule has 2 nitrogen and oxygen atoms in total. The number of methoxy groups -OCH3 is 1. The molecule has 0 aliphatic carbocycles. The third-order valence-electron chi connectivity index (χ3n) is 6.82. The minimum Gasteiger partial charge on any atom is -0.497 e. The molecule has 0 aliphatic rings. The van der Waals surface area contributed by atoms with Gasteiger partial charge in [0, 0.05) is 21.5 Å². The summed E-state index contributed by atoms with van der Waals surface area (Å²) < 4.78 is 6.43. The lowest BCUT2D eigenvalue weighted by Crippen LogP contribution is -2.09. The van der Waals surface area contributed by atoms with Crippen LogP contribution >= 0.6 is 15.9 Å². The summed E-state index contributed by atoms with van der Waals surface area (Å²) in [5.74, 6) is 0.839. The molecule has 0 saturated heterocycles. The van der Waals surface area contributed by atoms with Crippen LogP contribution in [0.4, 0.5) is 17.1 Å². The number of rotatable bonds is 6. The van der Waals surface area contributed by atoms with E-state index in [1.807, 2.05) is 12.1 Å². The van der Waals surface area contributed by atoms with Crippen LogP contribution in [0.2, 0.25) is 0 Å². The van der Waals surface area contributed by atoms with E-state index in [9.17, 15) is 0 Å². The first-order valence-electron chi connectivity index (χ1n) is 12.6. The summed E-state index contributed by atoms with van der Waals surface area (Å²) in [4.78, 5) is 2.25. The molecule has 0 bridgehead atoms. The molecular formula is C35H26BrNO. The first kappa shape index (κ1) is 24.0. The Labute approximate surface area is 231 Å². The van der Waals surface area contributed by atoms with Gasteiger partial charge in [-0.2, -0.15) is 0 Å². The van der Waals surface area contributed by atoms with Crippen LogP contribution in [0, 0.1) is 0 Å². The van der Waals surface area contributed by atoms with Gasteiger partial charge in [-0.25, -0.2) is 0 Å². The maximum absolute atomic E-state index is 5.38. The fourth-order valence-corrected chi connectivity index (χ4v) is 5.18. The molecule has 0 heterocycles. The average molecular weight is 557 g/mol. The minimum absolute atomic E-state index is 0.839. The summed E-state index contributed by atoms with van der Waals surface area (Å²) in [6.07, 6.45) is 4.45. The molecule has 0 unspecified atom stereocenters. The summed E-state index contributed by atoms with van der Waals surface area (Å²) in [5.41, 5.74) is 5.64. The lowest BCUT2D eigenvalue weighted by Gasteiger charge is -2.25. The fourth-order valence-electron chi connectivity index (χ4n) is 4.91. The molecule has 0 atom stereocenters. The second kappa shape index (κ2) is 10.6. The highest BCUT2D eigenvalue weighted by atomic mass is 79.9. The Morgan fingerprint density at radius 2 is 1.08 bits per heavy atom. The van der Waals surface area contributed by atoms with Crippen molar-refractivity contribution in [3.8, 4) is 5.75 Å². The smallest absolute Gasteiger partial charge is 0.119 e. The van der Waals surface area contributed by atoms with Gasteiger partial charge in [0.25, 0.3) is 0 Å². The predicted octanol–water partition coefficient (Wildman–Crippen LogP) is 10.4. The van der Waals surface area contributed by atoms with E-state index in [1.165, 1.54) is 27.1 Å². The van der Waals surface area contributed by atoms with Crippen molar-refractivity contribution in [3.63, 3.8) is 0 Å². The number of hydrogen-bond donors (Lipinski definition) is 0. The van der Waals surface area contributed by atoms with E-state index in [4.69, 9.17) is 4.74 Å². The first-order chi connectivity index (χ1) is 18.7. The van der Waals surface area contributed by atoms with E-state index >= 15 is 0 Å². The Morgan fingerprint density at radius 1 is 0.579 bits per heavy atom. The summed E-state index contributed by atoms with van der Waals surface area (Å²) in [5, 5.41) is 5.04. The fraction of sp³-hybridized carbons (Fsp3) is 0.0286. The first-order valence-corrected chi connectivity index (χ1v) is 13.4. The highest BCUT2D eigenvalue weighted by Crippen LogP contribution is 2.36. The van der Waals surface area contributed by atoms with E-state index < -0.39 is 0 Å². The van der Waals surface area contributed by atoms with Crippen molar-refractivity contribution in [2.45, 2.75) is 0 Å². The molecule has 6 aromatic rings. The quantitative estimate of drug-likeness (QED) is 0.150. The van der Waals surface area contributed by atoms with Crippen molar-refractivity contribution in [1.29, 1.82) is 0 Å². The van der Waals surface area contributed by atoms with Crippen LogP contribution in [0.1, 0.15) is 11.1 Å². The second-order valence-corrected chi connectivity index (χ2v) is 10.1. The van der Waals surface area contributed by atoms with Gasteiger partial charge in [0.15, 0.2) is 0 Å². The summed E-state index contributed by atoms with van der Waals surface area (Å²) in [7, 11) is 1.69. The average Bonchev–Trinajstić information content (AvgIpc) is 2.97. The van der Waals surface area contributed by atoms with Crippen LogP contribution in [-0.2, 0) is 0 Å². The van der Waals surface area contributed by atoms with Crippen LogP contribution in [0.15, 0.2) is 132 Å². The SMILES string of the molecule is COc1ccc(N(c2ccc(Br)cc2)c2ccc(/C=C/c3c4ccccc4cc4ccccc34)cc2)cc1. The van der Waals surface area contributed by atoms with Gasteiger partial charge >= 0.3 is 0 Å². The highest BCUT2D eigenvalue weighted by Gasteiger charge is 2.13. The Hall–Kier alpha value is -4.34. The largest absolute Gasteiger partial charge is 0.497 e. The third-order valence-corrected chi connectivity index (χ3v) is 7.35. The normalized spacial score (nSPS) is 11.3. The number of fused-ring (bicyclic) bond motifs is 2. The molecular weight excluding hydrogens is 530 g/mol. The summed E-state index contributed by atoms with van der Waals surface area (Å²) in [6.45, 7) is 0. The van der Waals surface area contributed by atoms with E-state index in [2.05, 4.69) is 148 Å². The minimum atomic E-state index is 0.839. The third kappa shape index (κ3) is 4.81. The van der Waals surface area contributed by atoms with Gasteiger partial charge in [-0.15, -0.1) is 0 Å². The monoisotopic (exact) mass is 555 g/mol. The zero-order chi connectivity index (χ0) is 25.9. The Kier molecular flexibility index (Phi) is 6.68. The van der Waals surface area contributed by atoms with Crippen LogP contribution in [0.25, 0.3) is 33.7 Å². The Bertz CT molecular complexity index is 1680. The summed E-state index contributed by atoms with van der Waals surface area (Å²) in [6, 6.07) is 44.7. The molecule has 0 fully saturated rings. The molecule has 0 radical (unpaired) electrons. The van der Waals surface area contributed by atoms with Crippen LogP contribution < -0.4 is 9.64 Å². The van der Waals surface area contributed by atoms with E-state index in [0.717, 1.165) is 32.8 Å². The standard InChI is InChI=1S/C35H26BrNO/c1-38-32-21-19-31(20-22-32)37(30-17-13-28(36)14-18-30)29-15-10-25(11-16-29)12-23-35-33-8-4-2-6-26(33)24-27-7-3-5-9-34(27)35/h2-24H,1H3/b23-12+. The van der Waals surface area contributed by atoms with Crippen molar-refractivity contribution >= 4 is 66.7 Å². The molecule has 38 heavy (non-hydrogen) atoms. The second-order valence-electron chi connectivity index (χ2n) is 9.17. The molecule has 6 rings (SSSR count). The topological polar surface area (TPSA) is 12.5 Å². The predicted molar refractivity (Wildman–Crippen MR) is 166 cm³/mol. The number of anilines is 3. The van der Waals surface area contributed by atoms with Gasteiger partial charge < -0.3 is 9.64 Å². The van der Waals surface area contributed by atoms with Gasteiger partial charge in [-0.1, -0.05) is 88.7 Å². The number of halogens is 1. The number of hydrogen-bond acceptors (Lipinski definition) is 2. The molecule has 0 aromatic heterocycles. The van der Waals surface area contributed by atoms with Gasteiger partial charge in [0.05, 0.1) is 7.11 Å². The van der Waals surface area contributed by atoms with E-state index in [0.29, 0.717) is 0 Å². The van der Waals surface area contributed by atoms with Gasteiger partial charge in [0.2, 0.25) is 0 Å². The van der Waals surface area contributed by atoms with E-state index in [1.54, 1.807) is 7.11 Å². The Balaban J connectivity index is 1.37. The zero-order valence-electron chi connectivity index (χ0n) is 21.0. The van der Waals surface area contributed by atoms with Crippen molar-refractivity contribution in [3.05, 3.63) is 143 Å². The molecule has 0 spiro atoms. The van der Waals surface area contributed by atoms with Crippen molar-refractivity contribution in [2.75, 3.05) is 12.0 Å². The van der Waals surface area contributed by atoms with Crippen molar-refractivity contribution in [2.24, 2.45) is 0 Å². The van der Waals surface area contributed by atoms with E-state index in [-0.39, 0.29) is 0 Å². The maximum atomic E-state index is 5.38. The van der Waals surface area contributed by atoms with Gasteiger partial charge in [-0.3, -0.25) is 0 Å².